The lowest BCUT2D eigenvalue weighted by Gasteiger charge is -2.10. The molecule has 25 heavy (non-hydrogen) atoms. The smallest absolute Gasteiger partial charge is 0.213 e. The zero-order chi connectivity index (χ0) is 16.4. The predicted molar refractivity (Wildman–Crippen MR) is 99.9 cm³/mol. The Kier molecular flexibility index (Phi) is 5.30. The van der Waals surface area contributed by atoms with Crippen LogP contribution in [0.15, 0.2) is 91.0 Å². The van der Waals surface area contributed by atoms with Crippen LogP contribution in [0.2, 0.25) is 0 Å². The van der Waals surface area contributed by atoms with Crippen LogP contribution in [-0.4, -0.2) is 0 Å². The highest BCUT2D eigenvalue weighted by atomic mass is 79.9. The van der Waals surface area contributed by atoms with E-state index >= 15 is 0 Å². The molecule has 1 nitrogen and oxygen atoms in total. The Hall–Kier alpha value is -2.45. The van der Waals surface area contributed by atoms with Crippen molar-refractivity contribution in [2.24, 2.45) is 0 Å². The number of benzene rings is 3. The van der Waals surface area contributed by atoms with E-state index in [0.717, 1.165) is 6.54 Å². The van der Waals surface area contributed by atoms with Gasteiger partial charge in [0, 0.05) is 28.6 Å². The molecule has 0 aliphatic rings. The van der Waals surface area contributed by atoms with E-state index in [1.54, 1.807) is 0 Å². The molecule has 2 heteroatoms. The molecule has 0 aliphatic carbocycles. The van der Waals surface area contributed by atoms with Gasteiger partial charge in [0.15, 0.2) is 6.54 Å². The highest BCUT2D eigenvalue weighted by molar-refractivity contribution is 5.81. The number of rotatable bonds is 3. The first-order valence-corrected chi connectivity index (χ1v) is 8.34. The van der Waals surface area contributed by atoms with Gasteiger partial charge in [0.25, 0.3) is 0 Å². The Morgan fingerprint density at radius 1 is 0.720 bits per heavy atom. The number of para-hydroxylation sites is 1. The van der Waals surface area contributed by atoms with Gasteiger partial charge in [-0.1, -0.05) is 60.7 Å². The molecular formula is C23H20BrN. The van der Waals surface area contributed by atoms with Gasteiger partial charge < -0.3 is 17.0 Å². The molecule has 0 spiro atoms. The van der Waals surface area contributed by atoms with Gasteiger partial charge in [0.05, 0.1) is 0 Å². The molecule has 0 unspecified atom stereocenters. The largest absolute Gasteiger partial charge is 1.00 e. The van der Waals surface area contributed by atoms with Gasteiger partial charge in [-0.05, 0) is 30.7 Å². The summed E-state index contributed by atoms with van der Waals surface area (Å²) < 4.78 is 2.42. The SMILES string of the molecule is Cc1cc(-c2ccccc2)[n+](Cc2ccccc2)c2ccccc12.[Br-]. The summed E-state index contributed by atoms with van der Waals surface area (Å²) in [7, 11) is 0. The van der Waals surface area contributed by atoms with Crippen LogP contribution in [0.4, 0.5) is 0 Å². The zero-order valence-electron chi connectivity index (χ0n) is 14.2. The number of fused-ring (bicyclic) bond motifs is 1. The number of hydrogen-bond donors (Lipinski definition) is 0. The molecular weight excluding hydrogens is 370 g/mol. The average molecular weight is 390 g/mol. The number of hydrogen-bond acceptors (Lipinski definition) is 0. The second-order valence-corrected chi connectivity index (χ2v) is 6.17. The first kappa shape index (κ1) is 17.4. The van der Waals surface area contributed by atoms with Crippen LogP contribution in [0.1, 0.15) is 11.1 Å². The molecule has 4 aromatic rings. The quantitative estimate of drug-likeness (QED) is 0.472. The molecule has 0 radical (unpaired) electrons. The normalized spacial score (nSPS) is 10.4. The van der Waals surface area contributed by atoms with Gasteiger partial charge >= 0.3 is 0 Å². The van der Waals surface area contributed by atoms with Crippen molar-refractivity contribution >= 4 is 10.9 Å². The predicted octanol–water partition coefficient (Wildman–Crippen LogP) is 2.16. The maximum Gasteiger partial charge on any atom is 0.213 e. The first-order valence-electron chi connectivity index (χ1n) is 8.34. The van der Waals surface area contributed by atoms with E-state index in [0.29, 0.717) is 0 Å². The maximum absolute atomic E-state index is 2.42. The lowest BCUT2D eigenvalue weighted by atomic mass is 10.0. The van der Waals surface area contributed by atoms with E-state index < -0.39 is 0 Å². The van der Waals surface area contributed by atoms with Crippen molar-refractivity contribution in [3.63, 3.8) is 0 Å². The molecule has 0 atom stereocenters. The molecule has 0 N–H and O–H groups in total. The molecule has 124 valence electrons. The second kappa shape index (κ2) is 7.62. The molecule has 4 rings (SSSR count). The zero-order valence-corrected chi connectivity index (χ0v) is 15.8. The highest BCUT2D eigenvalue weighted by Crippen LogP contribution is 2.23. The third-order valence-electron chi connectivity index (χ3n) is 4.52. The van der Waals surface area contributed by atoms with E-state index in [4.69, 9.17) is 0 Å². The van der Waals surface area contributed by atoms with Crippen LogP contribution in [0, 0.1) is 6.92 Å². The Bertz CT molecular complexity index is 979. The standard InChI is InChI=1S/C23H20N.BrH/c1-18-16-23(20-12-6-3-7-13-20)24(17-19-10-4-2-5-11-19)22-15-9-8-14-21(18)22;/h2-16H,17H2,1H3;1H/q+1;/p-1. The summed E-state index contributed by atoms with van der Waals surface area (Å²) in [5.74, 6) is 0. The van der Waals surface area contributed by atoms with Crippen LogP contribution >= 0.6 is 0 Å². The number of pyridine rings is 1. The number of aryl methyl sites for hydroxylation is 1. The van der Waals surface area contributed by atoms with Gasteiger partial charge in [-0.2, -0.15) is 4.57 Å². The minimum atomic E-state index is 0. The fourth-order valence-corrected chi connectivity index (χ4v) is 3.32. The first-order chi connectivity index (χ1) is 11.8. The summed E-state index contributed by atoms with van der Waals surface area (Å²) in [5, 5.41) is 1.31. The van der Waals surface area contributed by atoms with Crippen molar-refractivity contribution in [2.75, 3.05) is 0 Å². The summed E-state index contributed by atoms with van der Waals surface area (Å²) >= 11 is 0. The Balaban J connectivity index is 0.00000182. The monoisotopic (exact) mass is 389 g/mol. The van der Waals surface area contributed by atoms with Crippen molar-refractivity contribution in [3.8, 4) is 11.3 Å². The van der Waals surface area contributed by atoms with Gasteiger partial charge in [-0.25, -0.2) is 0 Å². The topological polar surface area (TPSA) is 3.88 Å². The lowest BCUT2D eigenvalue weighted by Crippen LogP contribution is -3.00. The minimum Gasteiger partial charge on any atom is -1.00 e. The summed E-state index contributed by atoms with van der Waals surface area (Å²) in [5.41, 5.74) is 6.42. The van der Waals surface area contributed by atoms with Crippen LogP contribution in [0.3, 0.4) is 0 Å². The Labute approximate surface area is 159 Å². The molecule has 0 saturated heterocycles. The molecule has 0 saturated carbocycles. The van der Waals surface area contributed by atoms with E-state index in [1.807, 2.05) is 0 Å². The fraction of sp³-hybridized carbons (Fsp3) is 0.0870. The highest BCUT2D eigenvalue weighted by Gasteiger charge is 2.19. The molecule has 0 bridgehead atoms. The third kappa shape index (κ3) is 3.49. The lowest BCUT2D eigenvalue weighted by molar-refractivity contribution is -0.651. The molecule has 1 heterocycles. The van der Waals surface area contributed by atoms with E-state index in [9.17, 15) is 0 Å². The molecule has 1 aromatic heterocycles. The van der Waals surface area contributed by atoms with Crippen molar-refractivity contribution in [1.82, 2.24) is 0 Å². The molecule has 0 aliphatic heterocycles. The van der Waals surface area contributed by atoms with Crippen LogP contribution in [0.5, 0.6) is 0 Å². The second-order valence-electron chi connectivity index (χ2n) is 6.17. The molecule has 0 amide bonds. The number of halogens is 1. The maximum atomic E-state index is 2.42. The van der Waals surface area contributed by atoms with E-state index in [1.165, 1.54) is 33.3 Å². The Morgan fingerprint density at radius 2 is 1.32 bits per heavy atom. The van der Waals surface area contributed by atoms with Crippen LogP contribution in [-0.2, 0) is 6.54 Å². The van der Waals surface area contributed by atoms with E-state index in [2.05, 4.69) is 102 Å². The molecule has 3 aromatic carbocycles. The van der Waals surface area contributed by atoms with Crippen molar-refractivity contribution < 1.29 is 21.5 Å². The number of aromatic nitrogens is 1. The van der Waals surface area contributed by atoms with Crippen LogP contribution < -0.4 is 21.5 Å². The molecule has 0 fully saturated rings. The van der Waals surface area contributed by atoms with E-state index in [-0.39, 0.29) is 17.0 Å². The average Bonchev–Trinajstić information content (AvgIpc) is 2.65. The van der Waals surface area contributed by atoms with Crippen molar-refractivity contribution in [2.45, 2.75) is 13.5 Å². The summed E-state index contributed by atoms with van der Waals surface area (Å²) in [4.78, 5) is 0. The summed E-state index contributed by atoms with van der Waals surface area (Å²) in [6.45, 7) is 3.06. The minimum absolute atomic E-state index is 0. The van der Waals surface area contributed by atoms with Crippen LogP contribution in [0.25, 0.3) is 22.2 Å². The van der Waals surface area contributed by atoms with Gasteiger partial charge in [0.1, 0.15) is 0 Å². The van der Waals surface area contributed by atoms with Gasteiger partial charge in [-0.3, -0.25) is 0 Å². The Morgan fingerprint density at radius 3 is 2.04 bits per heavy atom. The summed E-state index contributed by atoms with van der Waals surface area (Å²) in [6, 6.07) is 32.3. The summed E-state index contributed by atoms with van der Waals surface area (Å²) in [6.07, 6.45) is 0. The van der Waals surface area contributed by atoms with Gasteiger partial charge in [0.2, 0.25) is 11.2 Å². The van der Waals surface area contributed by atoms with Gasteiger partial charge in [-0.15, -0.1) is 0 Å². The fourth-order valence-electron chi connectivity index (χ4n) is 3.32. The number of nitrogens with zero attached hydrogens (tertiary/aromatic N) is 1. The third-order valence-corrected chi connectivity index (χ3v) is 4.52. The van der Waals surface area contributed by atoms with Crippen molar-refractivity contribution in [3.05, 3.63) is 102 Å². The van der Waals surface area contributed by atoms with Crippen molar-refractivity contribution in [1.29, 1.82) is 0 Å².